The van der Waals surface area contributed by atoms with Gasteiger partial charge >= 0.3 is 5.97 Å². The number of rotatable bonds is 6. The Hall–Kier alpha value is -2.68. The molecular formula is C20H23N3O5S. The molecule has 2 aliphatic rings. The highest BCUT2D eigenvalue weighted by molar-refractivity contribution is 7.91. The minimum atomic E-state index is -3.10. The van der Waals surface area contributed by atoms with E-state index in [1.165, 1.54) is 6.92 Å². The smallest absolute Gasteiger partial charge is 0.357 e. The van der Waals surface area contributed by atoms with Crippen molar-refractivity contribution in [1.29, 1.82) is 0 Å². The lowest BCUT2D eigenvalue weighted by Gasteiger charge is -2.16. The van der Waals surface area contributed by atoms with Crippen molar-refractivity contribution < 1.29 is 22.7 Å². The lowest BCUT2D eigenvalue weighted by Crippen LogP contribution is -2.42. The van der Waals surface area contributed by atoms with E-state index in [2.05, 4.69) is 10.4 Å². The number of para-hydroxylation sites is 1. The number of carbonyl (C=O) groups is 2. The number of esters is 1. The molecule has 2 heterocycles. The molecule has 0 unspecified atom stereocenters. The van der Waals surface area contributed by atoms with E-state index in [1.54, 1.807) is 10.7 Å². The summed E-state index contributed by atoms with van der Waals surface area (Å²) in [5.41, 5.74) is 1.84. The van der Waals surface area contributed by atoms with Crippen molar-refractivity contribution in [2.75, 3.05) is 11.5 Å². The average molecular weight is 417 g/mol. The topological polar surface area (TPSA) is 107 Å². The summed E-state index contributed by atoms with van der Waals surface area (Å²) in [4.78, 5) is 25.1. The molecule has 1 aliphatic carbocycles. The third-order valence-electron chi connectivity index (χ3n) is 5.17. The van der Waals surface area contributed by atoms with Crippen LogP contribution in [0.4, 0.5) is 0 Å². The second-order valence-corrected chi connectivity index (χ2v) is 9.86. The predicted octanol–water partition coefficient (Wildman–Crippen LogP) is 1.60. The van der Waals surface area contributed by atoms with Crippen molar-refractivity contribution in [2.24, 2.45) is 0 Å². The molecule has 4 rings (SSSR count). The largest absolute Gasteiger partial charge is 0.448 e. The second kappa shape index (κ2) is 7.62. The van der Waals surface area contributed by atoms with Gasteiger partial charge in [0.25, 0.3) is 5.91 Å². The van der Waals surface area contributed by atoms with Crippen LogP contribution in [0.3, 0.4) is 0 Å². The van der Waals surface area contributed by atoms with E-state index < -0.39 is 33.9 Å². The summed E-state index contributed by atoms with van der Waals surface area (Å²) in [7, 11) is -3.10. The molecule has 1 aromatic heterocycles. The summed E-state index contributed by atoms with van der Waals surface area (Å²) in [6.45, 7) is 1.47. The van der Waals surface area contributed by atoms with Crippen LogP contribution in [0.25, 0.3) is 5.69 Å². The van der Waals surface area contributed by atoms with Crippen LogP contribution in [0, 0.1) is 0 Å². The van der Waals surface area contributed by atoms with Crippen LogP contribution in [0.2, 0.25) is 0 Å². The number of hydrogen-bond acceptors (Lipinski definition) is 6. The van der Waals surface area contributed by atoms with Gasteiger partial charge in [-0.1, -0.05) is 18.2 Å². The maximum atomic E-state index is 12.8. The average Bonchev–Trinajstić information content (AvgIpc) is 3.35. The van der Waals surface area contributed by atoms with Crippen LogP contribution in [0.1, 0.15) is 48.3 Å². The Kier molecular flexibility index (Phi) is 5.16. The Morgan fingerprint density at radius 2 is 1.93 bits per heavy atom. The molecule has 8 nitrogen and oxygen atoms in total. The first-order valence-corrected chi connectivity index (χ1v) is 11.5. The van der Waals surface area contributed by atoms with Gasteiger partial charge in [-0.25, -0.2) is 17.9 Å². The molecule has 29 heavy (non-hydrogen) atoms. The van der Waals surface area contributed by atoms with E-state index in [0.717, 1.165) is 24.2 Å². The number of aromatic nitrogens is 2. The third-order valence-corrected chi connectivity index (χ3v) is 6.93. The fourth-order valence-electron chi connectivity index (χ4n) is 3.39. The van der Waals surface area contributed by atoms with Gasteiger partial charge in [-0.15, -0.1) is 0 Å². The SMILES string of the molecule is C[C@H](OC(=O)c1cc(C2CC2)nn1-c1ccccc1)C(=O)N[C@H]1CCS(=O)(=O)C1. The van der Waals surface area contributed by atoms with Gasteiger partial charge in [-0.05, 0) is 44.4 Å². The zero-order valence-corrected chi connectivity index (χ0v) is 16.9. The molecule has 1 aromatic carbocycles. The first-order chi connectivity index (χ1) is 13.8. The third kappa shape index (κ3) is 4.50. The number of sulfone groups is 1. The molecule has 1 saturated heterocycles. The molecule has 1 aliphatic heterocycles. The van der Waals surface area contributed by atoms with Crippen LogP contribution < -0.4 is 5.32 Å². The Balaban J connectivity index is 1.47. The van der Waals surface area contributed by atoms with Crippen molar-refractivity contribution in [1.82, 2.24) is 15.1 Å². The van der Waals surface area contributed by atoms with Crippen LogP contribution in [0.5, 0.6) is 0 Å². The fourth-order valence-corrected chi connectivity index (χ4v) is 5.06. The number of amides is 1. The summed E-state index contributed by atoms with van der Waals surface area (Å²) in [6, 6.07) is 10.6. The van der Waals surface area contributed by atoms with E-state index in [1.807, 2.05) is 30.3 Å². The van der Waals surface area contributed by atoms with E-state index in [4.69, 9.17) is 4.74 Å². The monoisotopic (exact) mass is 417 g/mol. The molecule has 1 saturated carbocycles. The zero-order valence-electron chi connectivity index (χ0n) is 16.1. The Labute approximate surface area is 169 Å². The van der Waals surface area contributed by atoms with Gasteiger partial charge in [0.2, 0.25) is 0 Å². The van der Waals surface area contributed by atoms with Crippen molar-refractivity contribution in [3.63, 3.8) is 0 Å². The van der Waals surface area contributed by atoms with E-state index in [0.29, 0.717) is 12.3 Å². The molecule has 0 bridgehead atoms. The van der Waals surface area contributed by atoms with Gasteiger partial charge < -0.3 is 10.1 Å². The van der Waals surface area contributed by atoms with Gasteiger partial charge in [0.15, 0.2) is 21.6 Å². The van der Waals surface area contributed by atoms with Gasteiger partial charge in [-0.3, -0.25) is 4.79 Å². The van der Waals surface area contributed by atoms with Crippen molar-refractivity contribution in [2.45, 2.75) is 44.2 Å². The normalized spacial score (nSPS) is 21.5. The Morgan fingerprint density at radius 3 is 2.55 bits per heavy atom. The minimum absolute atomic E-state index is 0.0618. The Morgan fingerprint density at radius 1 is 1.21 bits per heavy atom. The molecule has 0 radical (unpaired) electrons. The number of nitrogens with one attached hydrogen (secondary N) is 1. The second-order valence-electron chi connectivity index (χ2n) is 7.63. The van der Waals surface area contributed by atoms with E-state index in [9.17, 15) is 18.0 Å². The highest BCUT2D eigenvalue weighted by atomic mass is 32.2. The lowest BCUT2D eigenvalue weighted by atomic mass is 10.2. The maximum absolute atomic E-state index is 12.8. The number of carbonyl (C=O) groups excluding carboxylic acids is 2. The molecule has 2 fully saturated rings. The number of benzene rings is 1. The van der Waals surface area contributed by atoms with Gasteiger partial charge in [-0.2, -0.15) is 5.10 Å². The van der Waals surface area contributed by atoms with Gasteiger partial charge in [0.1, 0.15) is 0 Å². The highest BCUT2D eigenvalue weighted by Gasteiger charge is 2.32. The first-order valence-electron chi connectivity index (χ1n) is 9.69. The lowest BCUT2D eigenvalue weighted by molar-refractivity contribution is -0.129. The van der Waals surface area contributed by atoms with E-state index in [-0.39, 0.29) is 17.2 Å². The fraction of sp³-hybridized carbons (Fsp3) is 0.450. The number of ether oxygens (including phenoxy) is 1. The summed E-state index contributed by atoms with van der Waals surface area (Å²) >= 11 is 0. The molecule has 2 aromatic rings. The summed E-state index contributed by atoms with van der Waals surface area (Å²) in [5.74, 6) is -0.808. The summed E-state index contributed by atoms with van der Waals surface area (Å²) < 4.78 is 30.0. The first kappa shape index (κ1) is 19.6. The summed E-state index contributed by atoms with van der Waals surface area (Å²) in [5, 5.41) is 7.22. The van der Waals surface area contributed by atoms with Crippen LogP contribution in [-0.4, -0.2) is 53.7 Å². The van der Waals surface area contributed by atoms with Crippen molar-refractivity contribution in [3.05, 3.63) is 47.8 Å². The van der Waals surface area contributed by atoms with Crippen LogP contribution >= 0.6 is 0 Å². The van der Waals surface area contributed by atoms with Crippen LogP contribution in [0.15, 0.2) is 36.4 Å². The molecule has 9 heteroatoms. The quantitative estimate of drug-likeness (QED) is 0.716. The molecule has 154 valence electrons. The van der Waals surface area contributed by atoms with Gasteiger partial charge in [0, 0.05) is 12.0 Å². The number of nitrogens with zero attached hydrogens (tertiary/aromatic N) is 2. The molecule has 1 amide bonds. The van der Waals surface area contributed by atoms with E-state index >= 15 is 0 Å². The molecule has 0 spiro atoms. The zero-order chi connectivity index (χ0) is 20.6. The Bertz CT molecular complexity index is 1030. The van der Waals surface area contributed by atoms with Crippen LogP contribution in [-0.2, 0) is 19.4 Å². The summed E-state index contributed by atoms with van der Waals surface area (Å²) in [6.07, 6.45) is 1.42. The standard InChI is InChI=1S/C20H23N3O5S/c1-13(19(24)21-15-9-10-29(26,27)12-15)28-20(25)18-11-17(14-7-8-14)22-23(18)16-5-3-2-4-6-16/h2-6,11,13-15H,7-10,12H2,1H3,(H,21,24)/t13-,15-/m0/s1. The molecule has 1 N–H and O–H groups in total. The number of hydrogen-bond donors (Lipinski definition) is 1. The van der Waals surface area contributed by atoms with Gasteiger partial charge in [0.05, 0.1) is 22.9 Å². The molecular weight excluding hydrogens is 394 g/mol. The minimum Gasteiger partial charge on any atom is -0.448 e. The molecule has 2 atom stereocenters. The predicted molar refractivity (Wildman–Crippen MR) is 106 cm³/mol. The van der Waals surface area contributed by atoms with Crippen molar-refractivity contribution in [3.8, 4) is 5.69 Å². The van der Waals surface area contributed by atoms with Crippen molar-refractivity contribution >= 4 is 21.7 Å². The maximum Gasteiger partial charge on any atom is 0.357 e. The highest BCUT2D eigenvalue weighted by Crippen LogP contribution is 2.39.